The van der Waals surface area contributed by atoms with E-state index >= 15 is 0 Å². The third-order valence-electron chi connectivity index (χ3n) is 3.64. The Bertz CT molecular complexity index is 692. The lowest BCUT2D eigenvalue weighted by Gasteiger charge is -2.20. The molecule has 1 heterocycles. The van der Waals surface area contributed by atoms with Gasteiger partial charge in [0.1, 0.15) is 5.60 Å². The number of amides is 2. The molecular formula is C17H23N5O3. The maximum Gasteiger partial charge on any atom is 0.412 e. The molecular weight excluding hydrogens is 322 g/mol. The summed E-state index contributed by atoms with van der Waals surface area (Å²) in [6.45, 7) is 6.76. The predicted octanol–water partition coefficient (Wildman–Crippen LogP) is 3.69. The van der Waals surface area contributed by atoms with Crippen LogP contribution >= 0.6 is 0 Å². The summed E-state index contributed by atoms with van der Waals surface area (Å²) in [6, 6.07) is 7.30. The maximum absolute atomic E-state index is 12.1. The molecule has 1 aliphatic heterocycles. The quantitative estimate of drug-likeness (QED) is 0.499. The van der Waals surface area contributed by atoms with Crippen LogP contribution in [-0.2, 0) is 16.1 Å². The van der Waals surface area contributed by atoms with Crippen molar-refractivity contribution in [2.24, 2.45) is 11.0 Å². The van der Waals surface area contributed by atoms with E-state index in [9.17, 15) is 9.59 Å². The van der Waals surface area contributed by atoms with Crippen molar-refractivity contribution < 1.29 is 14.3 Å². The monoisotopic (exact) mass is 345 g/mol. The molecule has 134 valence electrons. The van der Waals surface area contributed by atoms with Crippen LogP contribution in [0.4, 0.5) is 10.5 Å². The molecule has 1 fully saturated rings. The molecule has 0 aliphatic carbocycles. The van der Waals surface area contributed by atoms with Gasteiger partial charge < -0.3 is 9.64 Å². The zero-order valence-corrected chi connectivity index (χ0v) is 14.7. The summed E-state index contributed by atoms with van der Waals surface area (Å²) in [5.74, 6) is 0.107. The number of hydrogen-bond donors (Lipinski definition) is 1. The second-order valence-electron chi connectivity index (χ2n) is 7.09. The van der Waals surface area contributed by atoms with E-state index < -0.39 is 11.7 Å². The number of nitrogens with one attached hydrogen (secondary N) is 1. The van der Waals surface area contributed by atoms with Crippen LogP contribution in [0.15, 0.2) is 29.4 Å². The molecule has 2 rings (SSSR count). The van der Waals surface area contributed by atoms with Crippen LogP contribution in [0, 0.1) is 5.92 Å². The molecule has 0 saturated carbocycles. The molecule has 0 bridgehead atoms. The Balaban J connectivity index is 1.96. The van der Waals surface area contributed by atoms with E-state index in [1.165, 1.54) is 0 Å². The van der Waals surface area contributed by atoms with E-state index in [1.54, 1.807) is 31.7 Å². The highest BCUT2D eigenvalue weighted by atomic mass is 16.6. The van der Waals surface area contributed by atoms with Crippen LogP contribution in [0.5, 0.6) is 0 Å². The molecule has 0 radical (unpaired) electrons. The number of carbonyl (C=O) groups excluding carboxylic acids is 2. The standard InChI is InChI=1S/C17H23N5O3/c1-17(2,3)25-16(24)20-14-6-4-5-12(7-14)10-22-11-13(8-15(22)23)9-19-21-18/h4-7,13H,8-11H2,1-3H3,(H,20,24). The number of carbonyl (C=O) groups is 2. The number of rotatable bonds is 5. The van der Waals surface area contributed by atoms with Gasteiger partial charge in [-0.1, -0.05) is 17.2 Å². The summed E-state index contributed by atoms with van der Waals surface area (Å²) in [6.07, 6.45) is -0.120. The van der Waals surface area contributed by atoms with Crippen molar-refractivity contribution in [3.63, 3.8) is 0 Å². The Labute approximate surface area is 146 Å². The first-order chi connectivity index (χ1) is 11.8. The first-order valence-electron chi connectivity index (χ1n) is 8.14. The Morgan fingerprint density at radius 2 is 2.24 bits per heavy atom. The van der Waals surface area contributed by atoms with Crippen molar-refractivity contribution in [2.75, 3.05) is 18.4 Å². The van der Waals surface area contributed by atoms with Gasteiger partial charge in [0, 0.05) is 36.7 Å². The summed E-state index contributed by atoms with van der Waals surface area (Å²) in [4.78, 5) is 28.4. The SMILES string of the molecule is CC(C)(C)OC(=O)Nc1cccc(CN2CC(CN=[N+]=[N-])CC2=O)c1. The van der Waals surface area contributed by atoms with E-state index in [0.29, 0.717) is 31.7 Å². The molecule has 1 N–H and O–H groups in total. The first kappa shape index (κ1) is 18.6. The van der Waals surface area contributed by atoms with E-state index in [2.05, 4.69) is 15.3 Å². The number of likely N-dealkylation sites (tertiary alicyclic amines) is 1. The molecule has 25 heavy (non-hydrogen) atoms. The van der Waals surface area contributed by atoms with Crippen LogP contribution in [0.1, 0.15) is 32.8 Å². The molecule has 0 aromatic heterocycles. The van der Waals surface area contributed by atoms with Gasteiger partial charge in [0.25, 0.3) is 0 Å². The zero-order valence-electron chi connectivity index (χ0n) is 14.7. The molecule has 1 aromatic carbocycles. The highest BCUT2D eigenvalue weighted by molar-refractivity contribution is 5.85. The van der Waals surface area contributed by atoms with Gasteiger partial charge in [-0.2, -0.15) is 0 Å². The lowest BCUT2D eigenvalue weighted by Crippen LogP contribution is -2.27. The van der Waals surface area contributed by atoms with Crippen LogP contribution in [-0.4, -0.2) is 35.6 Å². The number of anilines is 1. The third kappa shape index (κ3) is 6.00. The van der Waals surface area contributed by atoms with Crippen molar-refractivity contribution in [1.82, 2.24) is 4.90 Å². The smallest absolute Gasteiger partial charge is 0.412 e. The number of azide groups is 1. The van der Waals surface area contributed by atoms with Gasteiger partial charge in [-0.3, -0.25) is 10.1 Å². The fraction of sp³-hybridized carbons (Fsp3) is 0.529. The fourth-order valence-corrected chi connectivity index (χ4v) is 2.67. The number of benzene rings is 1. The van der Waals surface area contributed by atoms with Gasteiger partial charge in [-0.15, -0.1) is 0 Å². The van der Waals surface area contributed by atoms with Crippen molar-refractivity contribution in [1.29, 1.82) is 0 Å². The third-order valence-corrected chi connectivity index (χ3v) is 3.64. The van der Waals surface area contributed by atoms with Gasteiger partial charge in [0.15, 0.2) is 0 Å². The Hall–Kier alpha value is -2.73. The van der Waals surface area contributed by atoms with E-state index in [-0.39, 0.29) is 11.8 Å². The average molecular weight is 345 g/mol. The van der Waals surface area contributed by atoms with Gasteiger partial charge in [0.2, 0.25) is 5.91 Å². The van der Waals surface area contributed by atoms with Crippen LogP contribution in [0.25, 0.3) is 10.4 Å². The number of nitrogens with zero attached hydrogens (tertiary/aromatic N) is 4. The first-order valence-corrected chi connectivity index (χ1v) is 8.14. The van der Waals surface area contributed by atoms with Gasteiger partial charge in [-0.05, 0) is 49.9 Å². The maximum atomic E-state index is 12.1. The van der Waals surface area contributed by atoms with E-state index in [1.807, 2.05) is 18.2 Å². The summed E-state index contributed by atoms with van der Waals surface area (Å²) in [5.41, 5.74) is 9.34. The normalized spacial score (nSPS) is 17.2. The molecule has 1 saturated heterocycles. The second kappa shape index (κ2) is 7.90. The zero-order chi connectivity index (χ0) is 18.4. The van der Waals surface area contributed by atoms with E-state index in [4.69, 9.17) is 10.3 Å². The highest BCUT2D eigenvalue weighted by Crippen LogP contribution is 2.22. The van der Waals surface area contributed by atoms with Crippen LogP contribution in [0.3, 0.4) is 0 Å². The summed E-state index contributed by atoms with van der Waals surface area (Å²) < 4.78 is 5.23. The van der Waals surface area contributed by atoms with E-state index in [0.717, 1.165) is 5.56 Å². The summed E-state index contributed by atoms with van der Waals surface area (Å²) in [5, 5.41) is 6.24. The largest absolute Gasteiger partial charge is 0.444 e. The summed E-state index contributed by atoms with van der Waals surface area (Å²) >= 11 is 0. The van der Waals surface area contributed by atoms with Gasteiger partial charge >= 0.3 is 6.09 Å². The Kier molecular flexibility index (Phi) is 5.88. The van der Waals surface area contributed by atoms with Crippen molar-refractivity contribution in [3.05, 3.63) is 40.3 Å². The minimum Gasteiger partial charge on any atom is -0.444 e. The van der Waals surface area contributed by atoms with Gasteiger partial charge in [0.05, 0.1) is 0 Å². The molecule has 1 unspecified atom stereocenters. The number of ether oxygens (including phenoxy) is 1. The average Bonchev–Trinajstić information content (AvgIpc) is 2.83. The molecule has 1 aliphatic rings. The van der Waals surface area contributed by atoms with Crippen molar-refractivity contribution in [3.8, 4) is 0 Å². The minimum absolute atomic E-state index is 0.0450. The van der Waals surface area contributed by atoms with Gasteiger partial charge in [-0.25, -0.2) is 4.79 Å². The molecule has 8 heteroatoms. The molecule has 2 amide bonds. The van der Waals surface area contributed by atoms with Crippen LogP contribution < -0.4 is 5.32 Å². The van der Waals surface area contributed by atoms with Crippen LogP contribution in [0.2, 0.25) is 0 Å². The highest BCUT2D eigenvalue weighted by Gasteiger charge is 2.28. The Morgan fingerprint density at radius 3 is 2.92 bits per heavy atom. The molecule has 8 nitrogen and oxygen atoms in total. The predicted molar refractivity (Wildman–Crippen MR) is 93.8 cm³/mol. The fourth-order valence-electron chi connectivity index (χ4n) is 2.67. The molecule has 1 aromatic rings. The van der Waals surface area contributed by atoms with Crippen molar-refractivity contribution in [2.45, 2.75) is 39.3 Å². The number of hydrogen-bond acceptors (Lipinski definition) is 4. The lowest BCUT2D eigenvalue weighted by atomic mass is 10.1. The second-order valence-corrected chi connectivity index (χ2v) is 7.09. The summed E-state index contributed by atoms with van der Waals surface area (Å²) in [7, 11) is 0. The lowest BCUT2D eigenvalue weighted by molar-refractivity contribution is -0.128. The topological polar surface area (TPSA) is 107 Å². The molecule has 1 atom stereocenters. The van der Waals surface area contributed by atoms with Crippen molar-refractivity contribution >= 4 is 17.7 Å². The minimum atomic E-state index is -0.565. The Morgan fingerprint density at radius 1 is 1.48 bits per heavy atom. The molecule has 0 spiro atoms.